The lowest BCUT2D eigenvalue weighted by molar-refractivity contribution is 0.0836. The lowest BCUT2D eigenvalue weighted by Crippen LogP contribution is -2.05. The summed E-state index contributed by atoms with van der Waals surface area (Å²) in [5, 5.41) is 12.7. The third-order valence-corrected chi connectivity index (χ3v) is 4.13. The SMILES string of the molecule is CCc1nccn1Cc1cc(C#Cc2ccc(OCCCOCCO)cc2)on1. The van der Waals surface area contributed by atoms with Gasteiger partial charge in [-0.25, -0.2) is 4.98 Å². The molecule has 3 rings (SSSR count). The molecule has 1 aromatic carbocycles. The molecule has 1 N–H and O–H groups in total. The molecule has 0 amide bonds. The molecule has 0 unspecified atom stereocenters. The van der Waals surface area contributed by atoms with E-state index in [1.807, 2.05) is 41.1 Å². The van der Waals surface area contributed by atoms with Crippen LogP contribution in [0.4, 0.5) is 0 Å². The highest BCUT2D eigenvalue weighted by Crippen LogP contribution is 2.12. The van der Waals surface area contributed by atoms with Gasteiger partial charge in [0.1, 0.15) is 17.3 Å². The molecule has 0 atom stereocenters. The summed E-state index contributed by atoms with van der Waals surface area (Å²) in [4.78, 5) is 4.31. The second-order valence-corrected chi connectivity index (χ2v) is 6.32. The molecule has 3 aromatic rings. The Morgan fingerprint density at radius 2 is 2.00 bits per heavy atom. The zero-order chi connectivity index (χ0) is 20.3. The first-order chi connectivity index (χ1) is 14.3. The van der Waals surface area contributed by atoms with E-state index in [1.165, 1.54) is 0 Å². The van der Waals surface area contributed by atoms with Gasteiger partial charge in [0.2, 0.25) is 5.76 Å². The lowest BCUT2D eigenvalue weighted by atomic mass is 10.2. The molecule has 0 aliphatic rings. The first-order valence-corrected chi connectivity index (χ1v) is 9.67. The number of hydrogen-bond acceptors (Lipinski definition) is 6. The molecule has 0 saturated heterocycles. The van der Waals surface area contributed by atoms with Gasteiger partial charge in [-0.1, -0.05) is 18.0 Å². The fourth-order valence-corrected chi connectivity index (χ4v) is 2.70. The topological polar surface area (TPSA) is 82.5 Å². The number of aliphatic hydroxyl groups is 1. The van der Waals surface area contributed by atoms with E-state index in [0.717, 1.165) is 35.7 Å². The number of rotatable bonds is 10. The zero-order valence-electron chi connectivity index (χ0n) is 16.5. The monoisotopic (exact) mass is 395 g/mol. The van der Waals surface area contributed by atoms with Crippen LogP contribution in [0.3, 0.4) is 0 Å². The quantitative estimate of drug-likeness (QED) is 0.420. The maximum Gasteiger partial charge on any atom is 0.210 e. The molecule has 0 fully saturated rings. The van der Waals surface area contributed by atoms with Crippen molar-refractivity contribution in [2.24, 2.45) is 0 Å². The highest BCUT2D eigenvalue weighted by molar-refractivity contribution is 5.41. The van der Waals surface area contributed by atoms with E-state index in [2.05, 4.69) is 28.9 Å². The van der Waals surface area contributed by atoms with Crippen LogP contribution in [-0.2, 0) is 17.7 Å². The average Bonchev–Trinajstić information content (AvgIpc) is 3.39. The molecule has 0 radical (unpaired) electrons. The van der Waals surface area contributed by atoms with Crippen LogP contribution in [0.1, 0.15) is 36.2 Å². The standard InChI is InChI=1S/C22H25N3O4/c1-2-22-23-10-11-25(22)17-19-16-21(29-24-19)9-6-18-4-7-20(8-5-18)28-14-3-13-27-15-12-26/h4-5,7-8,10-11,16,26H,2-3,12-15,17H2,1H3. The van der Waals surface area contributed by atoms with Crippen molar-refractivity contribution in [3.63, 3.8) is 0 Å². The Balaban J connectivity index is 1.49. The predicted octanol–water partition coefficient (Wildman–Crippen LogP) is 2.66. The molecular weight excluding hydrogens is 370 g/mol. The van der Waals surface area contributed by atoms with Crippen molar-refractivity contribution < 1.29 is 19.1 Å². The fraction of sp³-hybridized carbons (Fsp3) is 0.364. The summed E-state index contributed by atoms with van der Waals surface area (Å²) in [6.07, 6.45) is 5.37. The summed E-state index contributed by atoms with van der Waals surface area (Å²) < 4.78 is 18.2. The van der Waals surface area contributed by atoms with E-state index < -0.39 is 0 Å². The Hall–Kier alpha value is -3.08. The summed E-state index contributed by atoms with van der Waals surface area (Å²) >= 11 is 0. The van der Waals surface area contributed by atoms with Gasteiger partial charge in [0, 0.05) is 43.5 Å². The van der Waals surface area contributed by atoms with Crippen LogP contribution in [0.15, 0.2) is 47.2 Å². The number of ether oxygens (including phenoxy) is 2. The average molecular weight is 395 g/mol. The number of aliphatic hydroxyl groups excluding tert-OH is 1. The number of imidazole rings is 1. The van der Waals surface area contributed by atoms with Gasteiger partial charge in [0.05, 0.1) is 26.4 Å². The molecule has 7 heteroatoms. The van der Waals surface area contributed by atoms with Gasteiger partial charge >= 0.3 is 0 Å². The Morgan fingerprint density at radius 3 is 2.79 bits per heavy atom. The number of aromatic nitrogens is 3. The first kappa shape index (κ1) is 20.6. The van der Waals surface area contributed by atoms with Crippen molar-refractivity contribution >= 4 is 0 Å². The smallest absolute Gasteiger partial charge is 0.210 e. The molecule has 0 aliphatic carbocycles. The van der Waals surface area contributed by atoms with Gasteiger partial charge in [0.15, 0.2) is 0 Å². The zero-order valence-corrected chi connectivity index (χ0v) is 16.5. The molecule has 2 heterocycles. The second kappa shape index (κ2) is 11.1. The summed E-state index contributed by atoms with van der Waals surface area (Å²) in [5.74, 6) is 8.40. The van der Waals surface area contributed by atoms with Crippen LogP contribution in [0.25, 0.3) is 0 Å². The molecule has 2 aromatic heterocycles. The predicted molar refractivity (Wildman–Crippen MR) is 108 cm³/mol. The van der Waals surface area contributed by atoms with Crippen molar-refractivity contribution in [2.75, 3.05) is 26.4 Å². The lowest BCUT2D eigenvalue weighted by Gasteiger charge is -2.06. The third kappa shape index (κ3) is 6.49. The highest BCUT2D eigenvalue weighted by Gasteiger charge is 2.06. The van der Waals surface area contributed by atoms with E-state index in [1.54, 1.807) is 6.20 Å². The maximum absolute atomic E-state index is 8.64. The Labute approximate surface area is 170 Å². The highest BCUT2D eigenvalue weighted by atomic mass is 16.5. The first-order valence-electron chi connectivity index (χ1n) is 9.67. The van der Waals surface area contributed by atoms with Gasteiger partial charge in [-0.3, -0.25) is 0 Å². The number of benzene rings is 1. The van der Waals surface area contributed by atoms with Crippen molar-refractivity contribution in [3.05, 3.63) is 65.6 Å². The van der Waals surface area contributed by atoms with Gasteiger partial charge in [-0.05, 0) is 30.2 Å². The Morgan fingerprint density at radius 1 is 1.14 bits per heavy atom. The summed E-state index contributed by atoms with van der Waals surface area (Å²) in [5.41, 5.74) is 1.68. The van der Waals surface area contributed by atoms with Gasteiger partial charge < -0.3 is 23.7 Å². The van der Waals surface area contributed by atoms with Gasteiger partial charge in [-0.15, -0.1) is 0 Å². The van der Waals surface area contributed by atoms with E-state index in [4.69, 9.17) is 19.1 Å². The molecule has 0 bridgehead atoms. The summed E-state index contributed by atoms with van der Waals surface area (Å²) in [7, 11) is 0. The molecular formula is C22H25N3O4. The molecule has 0 saturated carbocycles. The van der Waals surface area contributed by atoms with Crippen LogP contribution in [0, 0.1) is 11.8 Å². The minimum absolute atomic E-state index is 0.0448. The van der Waals surface area contributed by atoms with Crippen molar-refractivity contribution in [1.29, 1.82) is 0 Å². The minimum atomic E-state index is 0.0448. The van der Waals surface area contributed by atoms with Crippen molar-refractivity contribution in [3.8, 4) is 17.6 Å². The molecule has 0 spiro atoms. The van der Waals surface area contributed by atoms with E-state index in [0.29, 0.717) is 32.1 Å². The van der Waals surface area contributed by atoms with E-state index in [-0.39, 0.29) is 6.61 Å². The summed E-state index contributed by atoms with van der Waals surface area (Å²) in [6.45, 7) is 4.23. The summed E-state index contributed by atoms with van der Waals surface area (Å²) in [6, 6.07) is 9.43. The van der Waals surface area contributed by atoms with Crippen LogP contribution < -0.4 is 4.74 Å². The normalized spacial score (nSPS) is 10.6. The molecule has 29 heavy (non-hydrogen) atoms. The third-order valence-electron chi connectivity index (χ3n) is 4.13. The fourth-order valence-electron chi connectivity index (χ4n) is 2.70. The number of hydrogen-bond donors (Lipinski definition) is 1. The van der Waals surface area contributed by atoms with Gasteiger partial charge in [-0.2, -0.15) is 0 Å². The minimum Gasteiger partial charge on any atom is -0.494 e. The van der Waals surface area contributed by atoms with E-state index in [9.17, 15) is 0 Å². The largest absolute Gasteiger partial charge is 0.494 e. The van der Waals surface area contributed by atoms with Crippen LogP contribution in [0.5, 0.6) is 5.75 Å². The van der Waals surface area contributed by atoms with Crippen LogP contribution in [0.2, 0.25) is 0 Å². The van der Waals surface area contributed by atoms with Crippen LogP contribution in [-0.4, -0.2) is 46.2 Å². The number of nitrogens with zero attached hydrogens (tertiary/aromatic N) is 3. The second-order valence-electron chi connectivity index (χ2n) is 6.32. The van der Waals surface area contributed by atoms with Crippen molar-refractivity contribution in [1.82, 2.24) is 14.7 Å². The Bertz CT molecular complexity index is 935. The van der Waals surface area contributed by atoms with Gasteiger partial charge in [0.25, 0.3) is 0 Å². The van der Waals surface area contributed by atoms with Crippen molar-refractivity contribution in [2.45, 2.75) is 26.3 Å². The molecule has 7 nitrogen and oxygen atoms in total. The molecule has 0 aliphatic heterocycles. The molecule has 152 valence electrons. The Kier molecular flexibility index (Phi) is 7.87. The number of aryl methyl sites for hydroxylation is 1. The van der Waals surface area contributed by atoms with Crippen LogP contribution >= 0.6 is 0 Å². The maximum atomic E-state index is 8.64. The van der Waals surface area contributed by atoms with E-state index >= 15 is 0 Å².